The molecule has 1 fully saturated rings. The number of rotatable bonds is 8. The van der Waals surface area contributed by atoms with Crippen molar-refractivity contribution >= 4 is 27.4 Å². The van der Waals surface area contributed by atoms with Crippen molar-refractivity contribution in [3.63, 3.8) is 0 Å². The zero-order valence-corrected chi connectivity index (χ0v) is 20.2. The number of methoxy groups -OCH3 is 2. The Hall–Kier alpha value is -3.20. The Balaban J connectivity index is 1.53. The van der Waals surface area contributed by atoms with Crippen LogP contribution < -0.4 is 14.8 Å². The van der Waals surface area contributed by atoms with E-state index in [1.54, 1.807) is 25.6 Å². The largest absolute Gasteiger partial charge is 0.493 e. The highest BCUT2D eigenvalue weighted by Gasteiger charge is 2.19. The molecule has 176 valence electrons. The third kappa shape index (κ3) is 4.70. The first-order chi connectivity index (χ1) is 16.8. The van der Waals surface area contributed by atoms with E-state index in [4.69, 9.17) is 24.2 Å². The van der Waals surface area contributed by atoms with Crippen LogP contribution in [0.2, 0.25) is 0 Å². The van der Waals surface area contributed by atoms with Gasteiger partial charge in [-0.05, 0) is 11.6 Å². The molecule has 4 aromatic rings. The van der Waals surface area contributed by atoms with E-state index in [1.165, 1.54) is 0 Å². The lowest BCUT2D eigenvalue weighted by atomic mass is 10.1. The molecule has 0 bridgehead atoms. The molecule has 7 nitrogen and oxygen atoms in total. The van der Waals surface area contributed by atoms with Gasteiger partial charge in [-0.3, -0.25) is 4.90 Å². The van der Waals surface area contributed by atoms with Gasteiger partial charge in [-0.2, -0.15) is 0 Å². The van der Waals surface area contributed by atoms with Gasteiger partial charge in [0, 0.05) is 36.1 Å². The summed E-state index contributed by atoms with van der Waals surface area (Å²) in [6.07, 6.45) is 0. The summed E-state index contributed by atoms with van der Waals surface area (Å²) >= 11 is 1.66. The number of nitrogens with one attached hydrogen (secondary N) is 1. The van der Waals surface area contributed by atoms with Crippen LogP contribution in [0.15, 0.2) is 53.9 Å². The van der Waals surface area contributed by atoms with Crippen LogP contribution in [-0.2, 0) is 17.8 Å². The number of fused-ring (bicyclic) bond motifs is 1. The second kappa shape index (κ2) is 10.4. The molecule has 0 aliphatic carbocycles. The van der Waals surface area contributed by atoms with Gasteiger partial charge in [-0.25, -0.2) is 9.97 Å². The topological polar surface area (TPSA) is 68.7 Å². The lowest BCUT2D eigenvalue weighted by Gasteiger charge is -2.25. The van der Waals surface area contributed by atoms with E-state index in [-0.39, 0.29) is 0 Å². The third-order valence-electron chi connectivity index (χ3n) is 5.96. The average molecular weight is 477 g/mol. The van der Waals surface area contributed by atoms with E-state index < -0.39 is 0 Å². The van der Waals surface area contributed by atoms with Crippen molar-refractivity contribution in [1.82, 2.24) is 14.9 Å². The third-order valence-corrected chi connectivity index (χ3v) is 6.84. The fourth-order valence-corrected chi connectivity index (χ4v) is 5.21. The van der Waals surface area contributed by atoms with Crippen LogP contribution in [0, 0.1) is 0 Å². The molecule has 1 aliphatic heterocycles. The van der Waals surface area contributed by atoms with E-state index in [0.717, 1.165) is 70.6 Å². The maximum atomic E-state index is 5.63. The minimum absolute atomic E-state index is 0.549. The van der Waals surface area contributed by atoms with E-state index in [1.807, 2.05) is 24.3 Å². The molecule has 2 aromatic heterocycles. The smallest absolute Gasteiger partial charge is 0.165 e. The molecule has 0 atom stereocenters. The summed E-state index contributed by atoms with van der Waals surface area (Å²) in [4.78, 5) is 13.3. The summed E-state index contributed by atoms with van der Waals surface area (Å²) in [7, 11) is 3.31. The monoisotopic (exact) mass is 476 g/mol. The Morgan fingerprint density at radius 1 is 1.00 bits per heavy atom. The first-order valence-corrected chi connectivity index (χ1v) is 12.2. The summed E-state index contributed by atoms with van der Waals surface area (Å²) < 4.78 is 16.6. The number of para-hydroxylation sites is 1. The lowest BCUT2D eigenvalue weighted by Crippen LogP contribution is -2.36. The Kier molecular flexibility index (Phi) is 6.89. The van der Waals surface area contributed by atoms with E-state index in [9.17, 15) is 0 Å². The van der Waals surface area contributed by atoms with Gasteiger partial charge in [0.25, 0.3) is 0 Å². The minimum atomic E-state index is 0.549. The highest BCUT2D eigenvalue weighted by Crippen LogP contribution is 2.38. The molecule has 0 spiro atoms. The molecule has 0 radical (unpaired) electrons. The normalized spacial score (nSPS) is 14.3. The number of anilines is 1. The highest BCUT2D eigenvalue weighted by molar-refractivity contribution is 7.17. The maximum absolute atomic E-state index is 5.63. The van der Waals surface area contributed by atoms with Crippen molar-refractivity contribution in [2.24, 2.45) is 0 Å². The van der Waals surface area contributed by atoms with Crippen LogP contribution >= 0.6 is 11.3 Å². The number of thiophene rings is 1. The molecule has 1 N–H and O–H groups in total. The Morgan fingerprint density at radius 2 is 1.82 bits per heavy atom. The van der Waals surface area contributed by atoms with Gasteiger partial charge in [-0.1, -0.05) is 42.5 Å². The minimum Gasteiger partial charge on any atom is -0.493 e. The highest BCUT2D eigenvalue weighted by atomic mass is 32.1. The zero-order valence-electron chi connectivity index (χ0n) is 19.4. The predicted molar refractivity (Wildman–Crippen MR) is 136 cm³/mol. The second-order valence-electron chi connectivity index (χ2n) is 8.08. The molecular formula is C26H28N4O3S. The molecule has 3 heterocycles. The van der Waals surface area contributed by atoms with Crippen LogP contribution in [0.3, 0.4) is 0 Å². The first-order valence-electron chi connectivity index (χ1n) is 11.3. The standard InChI is InChI=1S/C26H28N4O3S/c1-31-21-10-6-9-19(24(21)32-2)15-27-25-23-20(18-7-4-3-5-8-18)17-34-26(23)29-22(28-25)16-30-11-13-33-14-12-30/h3-10,17H,11-16H2,1-2H3,(H,27,28,29). The summed E-state index contributed by atoms with van der Waals surface area (Å²) in [6, 6.07) is 16.3. The molecule has 0 unspecified atom stereocenters. The summed E-state index contributed by atoms with van der Waals surface area (Å²) in [6.45, 7) is 4.54. The SMILES string of the molecule is COc1cccc(CNc2nc(CN3CCOCC3)nc3scc(-c4ccccc4)c23)c1OC. The Morgan fingerprint density at radius 3 is 2.59 bits per heavy atom. The Labute approximate surface area is 203 Å². The molecule has 8 heteroatoms. The van der Waals surface area contributed by atoms with Gasteiger partial charge in [0.15, 0.2) is 11.5 Å². The van der Waals surface area contributed by atoms with Crippen LogP contribution in [0.5, 0.6) is 11.5 Å². The maximum Gasteiger partial charge on any atom is 0.165 e. The molecule has 1 saturated heterocycles. The van der Waals surface area contributed by atoms with Crippen molar-refractivity contribution in [2.45, 2.75) is 13.1 Å². The number of aromatic nitrogens is 2. The van der Waals surface area contributed by atoms with Gasteiger partial charge >= 0.3 is 0 Å². The zero-order chi connectivity index (χ0) is 23.3. The quantitative estimate of drug-likeness (QED) is 0.391. The van der Waals surface area contributed by atoms with Gasteiger partial charge < -0.3 is 19.5 Å². The van der Waals surface area contributed by atoms with Crippen molar-refractivity contribution in [1.29, 1.82) is 0 Å². The number of hydrogen-bond acceptors (Lipinski definition) is 8. The molecule has 0 amide bonds. The van der Waals surface area contributed by atoms with E-state index >= 15 is 0 Å². The molecule has 2 aromatic carbocycles. The molecule has 0 saturated carbocycles. The van der Waals surface area contributed by atoms with Crippen LogP contribution in [-0.4, -0.2) is 55.4 Å². The summed E-state index contributed by atoms with van der Waals surface area (Å²) in [5.41, 5.74) is 3.29. The van der Waals surface area contributed by atoms with Crippen molar-refractivity contribution in [3.8, 4) is 22.6 Å². The van der Waals surface area contributed by atoms with Crippen LogP contribution in [0.4, 0.5) is 5.82 Å². The van der Waals surface area contributed by atoms with E-state index in [0.29, 0.717) is 18.8 Å². The summed E-state index contributed by atoms with van der Waals surface area (Å²) in [5.74, 6) is 3.09. The number of morpholine rings is 1. The number of hydrogen-bond donors (Lipinski definition) is 1. The average Bonchev–Trinajstić information content (AvgIpc) is 3.32. The molecule has 34 heavy (non-hydrogen) atoms. The molecule has 1 aliphatic rings. The number of nitrogens with zero attached hydrogens (tertiary/aromatic N) is 3. The second-order valence-corrected chi connectivity index (χ2v) is 8.94. The van der Waals surface area contributed by atoms with E-state index in [2.05, 4.69) is 39.9 Å². The number of benzene rings is 2. The first kappa shape index (κ1) is 22.6. The summed E-state index contributed by atoms with van der Waals surface area (Å²) in [5, 5.41) is 6.80. The van der Waals surface area contributed by atoms with Crippen molar-refractivity contribution in [3.05, 3.63) is 65.3 Å². The fourth-order valence-electron chi connectivity index (χ4n) is 4.25. The van der Waals surface area contributed by atoms with Crippen molar-refractivity contribution < 1.29 is 14.2 Å². The predicted octanol–water partition coefficient (Wildman–Crippen LogP) is 4.82. The lowest BCUT2D eigenvalue weighted by molar-refractivity contribution is 0.0331. The van der Waals surface area contributed by atoms with Crippen LogP contribution in [0.25, 0.3) is 21.3 Å². The fraction of sp³-hybridized carbons (Fsp3) is 0.308. The van der Waals surface area contributed by atoms with Crippen molar-refractivity contribution in [2.75, 3.05) is 45.8 Å². The number of ether oxygens (including phenoxy) is 3. The van der Waals surface area contributed by atoms with Gasteiger partial charge in [0.05, 0.1) is 39.4 Å². The van der Waals surface area contributed by atoms with Crippen LogP contribution in [0.1, 0.15) is 11.4 Å². The Bertz CT molecular complexity index is 1260. The van der Waals surface area contributed by atoms with Gasteiger partial charge in [0.2, 0.25) is 0 Å². The molecule has 5 rings (SSSR count). The van der Waals surface area contributed by atoms with Gasteiger partial charge in [0.1, 0.15) is 16.5 Å². The van der Waals surface area contributed by atoms with Gasteiger partial charge in [-0.15, -0.1) is 11.3 Å². The molecular weight excluding hydrogens is 448 g/mol.